The minimum atomic E-state index is -3.70. The molecule has 0 aromatic heterocycles. The number of nitrogens with one attached hydrogen (secondary N) is 1. The topological polar surface area (TPSA) is 109 Å². The van der Waals surface area contributed by atoms with Crippen LogP contribution in [0.25, 0.3) is 0 Å². The minimum absolute atomic E-state index is 0.0287. The maximum atomic E-state index is 11.8. The maximum Gasteiger partial charge on any atom is 0.337 e. The fraction of sp³-hybridized carbons (Fsp3) is 0.300. The summed E-state index contributed by atoms with van der Waals surface area (Å²) in [6, 6.07) is 3.30. The number of carbonyl (C=O) groups is 1. The van der Waals surface area contributed by atoms with Crippen LogP contribution in [0.15, 0.2) is 23.1 Å². The third-order valence-corrected chi connectivity index (χ3v) is 3.61. The van der Waals surface area contributed by atoms with E-state index in [2.05, 4.69) is 4.72 Å². The summed E-state index contributed by atoms with van der Waals surface area (Å²) in [5.74, 6) is -1.26. The lowest BCUT2D eigenvalue weighted by Crippen LogP contribution is -2.30. The predicted molar refractivity (Wildman–Crippen MR) is 63.3 cm³/mol. The van der Waals surface area contributed by atoms with Crippen LogP contribution in [0.2, 0.25) is 0 Å². The number of aromatic carboxylic acids is 1. The van der Waals surface area contributed by atoms with Gasteiger partial charge in [0, 0.05) is 11.7 Å². The molecule has 0 atom stereocenters. The number of nitrogen functional groups attached to an aromatic ring is 1. The van der Waals surface area contributed by atoms with Crippen LogP contribution in [0.3, 0.4) is 0 Å². The van der Waals surface area contributed by atoms with Crippen molar-refractivity contribution in [2.75, 3.05) is 5.73 Å². The summed E-state index contributed by atoms with van der Waals surface area (Å²) in [4.78, 5) is 10.7. The smallest absolute Gasteiger partial charge is 0.337 e. The molecule has 0 saturated carbocycles. The lowest BCUT2D eigenvalue weighted by molar-refractivity contribution is 0.0698. The molecule has 6 nitrogen and oxygen atoms in total. The van der Waals surface area contributed by atoms with Crippen LogP contribution >= 0.6 is 0 Å². The zero-order chi connectivity index (χ0) is 13.2. The first kappa shape index (κ1) is 13.5. The van der Waals surface area contributed by atoms with Crippen molar-refractivity contribution in [1.82, 2.24) is 4.72 Å². The lowest BCUT2D eigenvalue weighted by atomic mass is 10.2. The second-order valence-corrected chi connectivity index (χ2v) is 5.54. The van der Waals surface area contributed by atoms with E-state index in [0.29, 0.717) is 0 Å². The van der Waals surface area contributed by atoms with Gasteiger partial charge < -0.3 is 10.8 Å². The van der Waals surface area contributed by atoms with Gasteiger partial charge in [0.15, 0.2) is 0 Å². The molecule has 1 aromatic carbocycles. The Kier molecular flexibility index (Phi) is 3.74. The largest absolute Gasteiger partial charge is 0.478 e. The van der Waals surface area contributed by atoms with Crippen molar-refractivity contribution in [1.29, 1.82) is 0 Å². The zero-order valence-electron chi connectivity index (χ0n) is 9.47. The van der Waals surface area contributed by atoms with Crippen LogP contribution in [-0.2, 0) is 10.0 Å². The third kappa shape index (κ3) is 3.18. The molecule has 0 bridgehead atoms. The zero-order valence-corrected chi connectivity index (χ0v) is 10.3. The van der Waals surface area contributed by atoms with Crippen molar-refractivity contribution < 1.29 is 18.3 Å². The molecular weight excluding hydrogens is 244 g/mol. The van der Waals surface area contributed by atoms with Crippen molar-refractivity contribution in [2.45, 2.75) is 24.8 Å². The van der Waals surface area contributed by atoms with E-state index < -0.39 is 16.0 Å². The molecule has 0 saturated heterocycles. The molecule has 1 aromatic rings. The van der Waals surface area contributed by atoms with E-state index in [1.165, 1.54) is 12.1 Å². The molecule has 0 fully saturated rings. The second-order valence-electron chi connectivity index (χ2n) is 3.83. The van der Waals surface area contributed by atoms with Gasteiger partial charge in [0.25, 0.3) is 0 Å². The highest BCUT2D eigenvalue weighted by atomic mass is 32.2. The molecule has 17 heavy (non-hydrogen) atoms. The Bertz CT molecular complexity index is 537. The number of sulfonamides is 1. The molecule has 0 amide bonds. The Morgan fingerprint density at radius 3 is 2.47 bits per heavy atom. The standard InChI is InChI=1S/C10H14N2O4S/c1-6(2)12-17(15,16)7-3-4-9(11)8(5-7)10(13)14/h3-6,12H,11H2,1-2H3,(H,13,14). The van der Waals surface area contributed by atoms with Crippen LogP contribution in [0.5, 0.6) is 0 Å². The Labute approximate surface area is 99.5 Å². The van der Waals surface area contributed by atoms with Crippen LogP contribution in [0, 0.1) is 0 Å². The Morgan fingerprint density at radius 2 is 2.00 bits per heavy atom. The maximum absolute atomic E-state index is 11.8. The summed E-state index contributed by atoms with van der Waals surface area (Å²) in [5, 5.41) is 8.84. The Hall–Kier alpha value is -1.60. The number of hydrogen-bond donors (Lipinski definition) is 3. The van der Waals surface area contributed by atoms with E-state index in [0.717, 1.165) is 6.07 Å². The second kappa shape index (κ2) is 4.72. The van der Waals surface area contributed by atoms with Gasteiger partial charge in [0.05, 0.1) is 10.5 Å². The fourth-order valence-electron chi connectivity index (χ4n) is 1.27. The van der Waals surface area contributed by atoms with E-state index in [9.17, 15) is 13.2 Å². The van der Waals surface area contributed by atoms with Crippen LogP contribution in [0.1, 0.15) is 24.2 Å². The molecule has 0 heterocycles. The molecule has 0 aliphatic heterocycles. The number of rotatable bonds is 4. The van der Waals surface area contributed by atoms with Gasteiger partial charge in [0.2, 0.25) is 10.0 Å². The van der Waals surface area contributed by atoms with Crippen LogP contribution in [0.4, 0.5) is 5.69 Å². The van der Waals surface area contributed by atoms with Gasteiger partial charge in [-0.05, 0) is 32.0 Å². The van der Waals surface area contributed by atoms with E-state index in [4.69, 9.17) is 10.8 Å². The average molecular weight is 258 g/mol. The van der Waals surface area contributed by atoms with Crippen molar-refractivity contribution >= 4 is 21.7 Å². The normalized spacial score (nSPS) is 11.7. The molecular formula is C10H14N2O4S. The monoisotopic (exact) mass is 258 g/mol. The lowest BCUT2D eigenvalue weighted by Gasteiger charge is -2.10. The number of carboxylic acid groups (broad SMARTS) is 1. The first-order valence-corrected chi connectivity index (χ1v) is 6.37. The number of anilines is 1. The Morgan fingerprint density at radius 1 is 1.41 bits per heavy atom. The summed E-state index contributed by atoms with van der Waals surface area (Å²) in [5.41, 5.74) is 5.24. The molecule has 0 unspecified atom stereocenters. The first-order valence-electron chi connectivity index (χ1n) is 4.89. The van der Waals surface area contributed by atoms with Crippen molar-refractivity contribution in [2.24, 2.45) is 0 Å². The first-order chi connectivity index (χ1) is 7.74. The molecule has 7 heteroatoms. The van der Waals surface area contributed by atoms with E-state index in [1.807, 2.05) is 0 Å². The molecule has 1 rings (SSSR count). The van der Waals surface area contributed by atoms with Gasteiger partial charge in [-0.1, -0.05) is 0 Å². The highest BCUT2D eigenvalue weighted by Crippen LogP contribution is 2.18. The number of hydrogen-bond acceptors (Lipinski definition) is 4. The van der Waals surface area contributed by atoms with Crippen LogP contribution < -0.4 is 10.5 Å². The van der Waals surface area contributed by atoms with Gasteiger partial charge in [-0.2, -0.15) is 0 Å². The SMILES string of the molecule is CC(C)NS(=O)(=O)c1ccc(N)c(C(=O)O)c1. The van der Waals surface area contributed by atoms with Gasteiger partial charge in [-0.25, -0.2) is 17.9 Å². The number of carboxylic acids is 1. The summed E-state index contributed by atoms with van der Waals surface area (Å²) in [6.07, 6.45) is 0. The predicted octanol–water partition coefficient (Wildman–Crippen LogP) is 0.654. The van der Waals surface area contributed by atoms with Gasteiger partial charge in [0.1, 0.15) is 0 Å². The summed E-state index contributed by atoms with van der Waals surface area (Å²) in [6.45, 7) is 3.35. The summed E-state index contributed by atoms with van der Waals surface area (Å²) < 4.78 is 25.9. The van der Waals surface area contributed by atoms with E-state index in [-0.39, 0.29) is 22.2 Å². The van der Waals surface area contributed by atoms with E-state index >= 15 is 0 Å². The summed E-state index contributed by atoms with van der Waals surface area (Å²) >= 11 is 0. The third-order valence-electron chi connectivity index (χ3n) is 1.96. The molecule has 0 aliphatic rings. The average Bonchev–Trinajstić information content (AvgIpc) is 2.15. The van der Waals surface area contributed by atoms with Crippen molar-refractivity contribution in [3.63, 3.8) is 0 Å². The van der Waals surface area contributed by atoms with Crippen LogP contribution in [-0.4, -0.2) is 25.5 Å². The highest BCUT2D eigenvalue weighted by Gasteiger charge is 2.18. The van der Waals surface area contributed by atoms with Crippen molar-refractivity contribution in [3.8, 4) is 0 Å². The molecule has 4 N–H and O–H groups in total. The molecule has 94 valence electrons. The number of benzene rings is 1. The molecule has 0 radical (unpaired) electrons. The molecule has 0 spiro atoms. The van der Waals surface area contributed by atoms with Gasteiger partial charge >= 0.3 is 5.97 Å². The number of nitrogens with two attached hydrogens (primary N) is 1. The summed E-state index contributed by atoms with van der Waals surface area (Å²) in [7, 11) is -3.70. The van der Waals surface area contributed by atoms with Gasteiger partial charge in [-0.15, -0.1) is 0 Å². The van der Waals surface area contributed by atoms with Gasteiger partial charge in [-0.3, -0.25) is 0 Å². The minimum Gasteiger partial charge on any atom is -0.478 e. The molecule has 0 aliphatic carbocycles. The quantitative estimate of drug-likeness (QED) is 0.687. The van der Waals surface area contributed by atoms with E-state index in [1.54, 1.807) is 13.8 Å². The highest BCUT2D eigenvalue weighted by molar-refractivity contribution is 7.89. The Balaban J connectivity index is 3.25. The fourth-order valence-corrected chi connectivity index (χ4v) is 2.54. The van der Waals surface area contributed by atoms with Crippen molar-refractivity contribution in [3.05, 3.63) is 23.8 Å².